The Morgan fingerprint density at radius 1 is 1.50 bits per heavy atom. The molecule has 0 aromatic carbocycles. The van der Waals surface area contributed by atoms with E-state index in [2.05, 4.69) is 27.8 Å². The molecule has 1 aromatic heterocycles. The van der Waals surface area contributed by atoms with Gasteiger partial charge in [-0.2, -0.15) is 0 Å². The van der Waals surface area contributed by atoms with Gasteiger partial charge in [0.15, 0.2) is 0 Å². The van der Waals surface area contributed by atoms with E-state index in [4.69, 9.17) is 0 Å². The number of aromatic nitrogens is 2. The molecule has 1 aromatic rings. The van der Waals surface area contributed by atoms with E-state index in [0.29, 0.717) is 5.13 Å². The third kappa shape index (κ3) is 2.70. The highest BCUT2D eigenvalue weighted by Crippen LogP contribution is 2.32. The number of carbonyl (C=O) groups is 1. The maximum Gasteiger partial charge on any atom is 0.233 e. The number of hydrogen-bond acceptors (Lipinski definition) is 5. The van der Waals surface area contributed by atoms with Gasteiger partial charge in [0.25, 0.3) is 0 Å². The number of amides is 1. The van der Waals surface area contributed by atoms with Crippen LogP contribution in [0.25, 0.3) is 0 Å². The van der Waals surface area contributed by atoms with Crippen molar-refractivity contribution < 1.29 is 4.79 Å². The summed E-state index contributed by atoms with van der Waals surface area (Å²) >= 11 is 1.46. The lowest BCUT2D eigenvalue weighted by Gasteiger charge is -2.34. The van der Waals surface area contributed by atoms with Crippen molar-refractivity contribution in [3.63, 3.8) is 0 Å². The van der Waals surface area contributed by atoms with Gasteiger partial charge in [-0.1, -0.05) is 25.2 Å². The minimum atomic E-state index is -0.281. The van der Waals surface area contributed by atoms with Crippen molar-refractivity contribution in [3.8, 4) is 0 Å². The fourth-order valence-corrected chi connectivity index (χ4v) is 2.98. The summed E-state index contributed by atoms with van der Waals surface area (Å²) < 4.78 is 0. The van der Waals surface area contributed by atoms with E-state index in [1.165, 1.54) is 11.3 Å². The molecule has 0 aliphatic carbocycles. The van der Waals surface area contributed by atoms with E-state index < -0.39 is 0 Å². The number of hydrogen-bond donors (Lipinski definition) is 2. The Bertz CT molecular complexity index is 412. The van der Waals surface area contributed by atoms with Gasteiger partial charge in [0.1, 0.15) is 5.01 Å². The Morgan fingerprint density at radius 2 is 2.33 bits per heavy atom. The Labute approximate surface area is 111 Å². The zero-order chi connectivity index (χ0) is 13.0. The third-order valence-corrected chi connectivity index (χ3v) is 4.60. The van der Waals surface area contributed by atoms with Crippen LogP contribution in [0.5, 0.6) is 0 Å². The second-order valence-electron chi connectivity index (χ2n) is 4.72. The first kappa shape index (κ1) is 13.4. The molecule has 2 N–H and O–H groups in total. The molecule has 1 amide bonds. The smallest absolute Gasteiger partial charge is 0.233 e. The number of aryl methyl sites for hydroxylation is 1. The summed E-state index contributed by atoms with van der Waals surface area (Å²) in [7, 11) is 0. The molecule has 0 bridgehead atoms. The quantitative estimate of drug-likeness (QED) is 0.874. The number of piperidine rings is 1. The average molecular weight is 268 g/mol. The van der Waals surface area contributed by atoms with Crippen LogP contribution in [0.2, 0.25) is 0 Å². The van der Waals surface area contributed by atoms with E-state index in [-0.39, 0.29) is 11.3 Å². The number of anilines is 1. The van der Waals surface area contributed by atoms with E-state index in [1.807, 2.05) is 6.92 Å². The first-order chi connectivity index (χ1) is 8.70. The standard InChI is InChI=1S/C12H20N4OS/c1-3-9-15-16-11(18-9)14-10(17)12(4-2)6-5-7-13-8-12/h13H,3-8H2,1-2H3,(H,14,16,17). The molecular weight excluding hydrogens is 248 g/mol. The van der Waals surface area contributed by atoms with E-state index in [0.717, 1.165) is 43.8 Å². The largest absolute Gasteiger partial charge is 0.316 e. The highest BCUT2D eigenvalue weighted by atomic mass is 32.1. The number of rotatable bonds is 4. The molecule has 18 heavy (non-hydrogen) atoms. The molecule has 1 saturated heterocycles. The highest BCUT2D eigenvalue weighted by molar-refractivity contribution is 7.15. The van der Waals surface area contributed by atoms with Crippen molar-refractivity contribution in [2.24, 2.45) is 5.41 Å². The summed E-state index contributed by atoms with van der Waals surface area (Å²) in [5.74, 6) is 0.0796. The number of carbonyl (C=O) groups excluding carboxylic acids is 1. The van der Waals surface area contributed by atoms with E-state index in [9.17, 15) is 4.79 Å². The van der Waals surface area contributed by atoms with Crippen LogP contribution < -0.4 is 10.6 Å². The van der Waals surface area contributed by atoms with Crippen LogP contribution in [-0.2, 0) is 11.2 Å². The van der Waals surface area contributed by atoms with Crippen molar-refractivity contribution in [2.75, 3.05) is 18.4 Å². The monoisotopic (exact) mass is 268 g/mol. The minimum absolute atomic E-state index is 0.0796. The second-order valence-corrected chi connectivity index (χ2v) is 5.78. The van der Waals surface area contributed by atoms with Gasteiger partial charge >= 0.3 is 0 Å². The van der Waals surface area contributed by atoms with Gasteiger partial charge in [-0.05, 0) is 32.2 Å². The van der Waals surface area contributed by atoms with Gasteiger partial charge in [-0.25, -0.2) is 0 Å². The molecule has 1 fully saturated rings. The molecule has 1 aliphatic rings. The van der Waals surface area contributed by atoms with Gasteiger partial charge in [-0.15, -0.1) is 10.2 Å². The normalized spacial score (nSPS) is 23.9. The first-order valence-corrected chi connectivity index (χ1v) is 7.36. The Morgan fingerprint density at radius 3 is 2.89 bits per heavy atom. The summed E-state index contributed by atoms with van der Waals surface area (Å²) in [6.07, 6.45) is 3.71. The average Bonchev–Trinajstić information content (AvgIpc) is 2.87. The van der Waals surface area contributed by atoms with Crippen LogP contribution in [0, 0.1) is 5.41 Å². The van der Waals surface area contributed by atoms with Crippen LogP contribution in [0.1, 0.15) is 38.1 Å². The number of nitrogens with one attached hydrogen (secondary N) is 2. The third-order valence-electron chi connectivity index (χ3n) is 3.62. The zero-order valence-corrected chi connectivity index (χ0v) is 11.8. The molecule has 0 saturated carbocycles. The van der Waals surface area contributed by atoms with Crippen molar-refractivity contribution in [1.82, 2.24) is 15.5 Å². The van der Waals surface area contributed by atoms with Crippen LogP contribution in [0.15, 0.2) is 0 Å². The van der Waals surface area contributed by atoms with E-state index in [1.54, 1.807) is 0 Å². The van der Waals surface area contributed by atoms with Crippen LogP contribution in [0.4, 0.5) is 5.13 Å². The molecule has 1 atom stereocenters. The number of nitrogens with zero attached hydrogens (tertiary/aromatic N) is 2. The molecule has 2 rings (SSSR count). The summed E-state index contributed by atoms with van der Waals surface area (Å²) in [5, 5.41) is 15.8. The maximum atomic E-state index is 12.4. The lowest BCUT2D eigenvalue weighted by Crippen LogP contribution is -2.47. The van der Waals surface area contributed by atoms with Gasteiger partial charge in [0.05, 0.1) is 5.41 Å². The van der Waals surface area contributed by atoms with Gasteiger partial charge < -0.3 is 5.32 Å². The van der Waals surface area contributed by atoms with Gasteiger partial charge in [0, 0.05) is 6.54 Å². The molecule has 0 spiro atoms. The maximum absolute atomic E-state index is 12.4. The topological polar surface area (TPSA) is 66.9 Å². The van der Waals surface area contributed by atoms with Gasteiger partial charge in [0.2, 0.25) is 11.0 Å². The van der Waals surface area contributed by atoms with Crippen molar-refractivity contribution in [1.29, 1.82) is 0 Å². The Balaban J connectivity index is 2.05. The molecule has 0 radical (unpaired) electrons. The van der Waals surface area contributed by atoms with Crippen LogP contribution in [-0.4, -0.2) is 29.2 Å². The molecule has 1 unspecified atom stereocenters. The summed E-state index contributed by atoms with van der Waals surface area (Å²) in [5.41, 5.74) is -0.281. The predicted molar refractivity (Wildman–Crippen MR) is 72.7 cm³/mol. The first-order valence-electron chi connectivity index (χ1n) is 6.55. The molecule has 6 heteroatoms. The summed E-state index contributed by atoms with van der Waals surface area (Å²) in [4.78, 5) is 12.4. The predicted octanol–water partition coefficient (Wildman–Crippen LogP) is 1.82. The lowest BCUT2D eigenvalue weighted by atomic mass is 9.77. The van der Waals surface area contributed by atoms with Crippen molar-refractivity contribution in [3.05, 3.63) is 5.01 Å². The molecule has 5 nitrogen and oxygen atoms in total. The highest BCUT2D eigenvalue weighted by Gasteiger charge is 2.38. The fraction of sp³-hybridized carbons (Fsp3) is 0.750. The molecule has 100 valence electrons. The molecule has 2 heterocycles. The molecule has 1 aliphatic heterocycles. The Kier molecular flexibility index (Phi) is 4.29. The molecular formula is C12H20N4OS. The van der Waals surface area contributed by atoms with Crippen molar-refractivity contribution in [2.45, 2.75) is 39.5 Å². The van der Waals surface area contributed by atoms with Crippen LogP contribution in [0.3, 0.4) is 0 Å². The minimum Gasteiger partial charge on any atom is -0.316 e. The summed E-state index contributed by atoms with van der Waals surface area (Å²) in [6.45, 7) is 5.87. The van der Waals surface area contributed by atoms with Crippen molar-refractivity contribution >= 4 is 22.4 Å². The fourth-order valence-electron chi connectivity index (χ4n) is 2.30. The van der Waals surface area contributed by atoms with E-state index >= 15 is 0 Å². The second kappa shape index (κ2) is 5.75. The Hall–Kier alpha value is -1.01. The van der Waals surface area contributed by atoms with Crippen LogP contribution >= 0.6 is 11.3 Å². The zero-order valence-electron chi connectivity index (χ0n) is 11.0. The lowest BCUT2D eigenvalue weighted by molar-refractivity contribution is -0.126. The van der Waals surface area contributed by atoms with Gasteiger partial charge in [-0.3, -0.25) is 10.1 Å². The summed E-state index contributed by atoms with van der Waals surface area (Å²) in [6, 6.07) is 0. The SMILES string of the molecule is CCc1nnc(NC(=O)C2(CC)CCCNC2)s1.